The molecule has 0 radical (unpaired) electrons. The van der Waals surface area contributed by atoms with E-state index in [2.05, 4.69) is 20.3 Å². The van der Waals surface area contributed by atoms with Crippen LogP contribution in [0.4, 0.5) is 5.69 Å². The van der Waals surface area contributed by atoms with Crippen molar-refractivity contribution in [2.24, 2.45) is 7.05 Å². The van der Waals surface area contributed by atoms with E-state index in [-0.39, 0.29) is 5.91 Å². The van der Waals surface area contributed by atoms with Crippen molar-refractivity contribution in [1.29, 1.82) is 0 Å². The molecule has 0 fully saturated rings. The Kier molecular flexibility index (Phi) is 4.84. The number of carbonyl (C=O) groups excluding carboxylic acids is 1. The third kappa shape index (κ3) is 3.98. The molecule has 0 aliphatic heterocycles. The fraction of sp³-hybridized carbons (Fsp3) is 0.100. The third-order valence-corrected chi connectivity index (χ3v) is 5.02. The number of rotatable bonds is 5. The second kappa shape index (κ2) is 7.59. The van der Waals surface area contributed by atoms with Gasteiger partial charge in [0.1, 0.15) is 11.2 Å². The molecule has 0 aliphatic rings. The van der Waals surface area contributed by atoms with Crippen LogP contribution >= 0.6 is 11.8 Å². The second-order valence-corrected chi connectivity index (χ2v) is 7.00. The van der Waals surface area contributed by atoms with Crippen molar-refractivity contribution in [2.45, 2.75) is 10.8 Å². The number of anilines is 1. The number of hydrogen-bond donors (Lipinski definition) is 1. The Hall–Kier alpha value is -3.19. The van der Waals surface area contributed by atoms with Crippen molar-refractivity contribution in [3.63, 3.8) is 0 Å². The van der Waals surface area contributed by atoms with Gasteiger partial charge in [-0.15, -0.1) is 11.8 Å². The highest BCUT2D eigenvalue weighted by molar-refractivity contribution is 7.98. The van der Waals surface area contributed by atoms with Crippen molar-refractivity contribution >= 4 is 34.5 Å². The minimum Gasteiger partial charge on any atom is -0.321 e. The van der Waals surface area contributed by atoms with Gasteiger partial charge in [-0.2, -0.15) is 0 Å². The summed E-state index contributed by atoms with van der Waals surface area (Å²) in [5, 5.41) is 3.89. The molecule has 27 heavy (non-hydrogen) atoms. The van der Waals surface area contributed by atoms with Gasteiger partial charge < -0.3 is 9.88 Å². The molecule has 0 bridgehead atoms. The van der Waals surface area contributed by atoms with Crippen LogP contribution in [0.5, 0.6) is 0 Å². The SMILES string of the molecule is Cn1cnc2ccc(C(=O)Nc3cccc(CSc4ccccn4)c3)nc21. The fourth-order valence-electron chi connectivity index (χ4n) is 2.66. The fourth-order valence-corrected chi connectivity index (χ4v) is 3.46. The maximum absolute atomic E-state index is 12.6. The molecular formula is C20H17N5OS. The van der Waals surface area contributed by atoms with E-state index in [0.29, 0.717) is 11.3 Å². The van der Waals surface area contributed by atoms with Crippen molar-refractivity contribution in [2.75, 3.05) is 5.32 Å². The van der Waals surface area contributed by atoms with Gasteiger partial charge in [0, 0.05) is 24.7 Å². The van der Waals surface area contributed by atoms with Gasteiger partial charge in [0.05, 0.1) is 11.4 Å². The average Bonchev–Trinajstić information content (AvgIpc) is 3.08. The summed E-state index contributed by atoms with van der Waals surface area (Å²) in [5.41, 5.74) is 3.66. The van der Waals surface area contributed by atoms with E-state index in [1.165, 1.54) is 0 Å². The minimum atomic E-state index is -0.243. The van der Waals surface area contributed by atoms with E-state index in [4.69, 9.17) is 0 Å². The van der Waals surface area contributed by atoms with Crippen LogP contribution in [0.2, 0.25) is 0 Å². The standard InChI is InChI=1S/C20H17N5OS/c1-25-13-22-16-8-9-17(24-19(16)25)20(26)23-15-6-4-5-14(11-15)12-27-18-7-2-3-10-21-18/h2-11,13H,12H2,1H3,(H,23,26). The van der Waals surface area contributed by atoms with Gasteiger partial charge in [-0.1, -0.05) is 18.2 Å². The van der Waals surface area contributed by atoms with Crippen LogP contribution in [-0.4, -0.2) is 25.4 Å². The molecule has 1 aromatic carbocycles. The maximum Gasteiger partial charge on any atom is 0.274 e. The topological polar surface area (TPSA) is 72.7 Å². The number of aromatic nitrogens is 4. The van der Waals surface area contributed by atoms with Crippen molar-refractivity contribution in [3.8, 4) is 0 Å². The molecule has 0 atom stereocenters. The molecule has 4 aromatic rings. The summed E-state index contributed by atoms with van der Waals surface area (Å²) in [4.78, 5) is 25.5. The number of pyridine rings is 2. The molecule has 3 heterocycles. The summed E-state index contributed by atoms with van der Waals surface area (Å²) < 4.78 is 1.79. The lowest BCUT2D eigenvalue weighted by molar-refractivity contribution is 0.102. The highest BCUT2D eigenvalue weighted by Crippen LogP contribution is 2.22. The van der Waals surface area contributed by atoms with Crippen LogP contribution in [0.1, 0.15) is 16.1 Å². The number of thioether (sulfide) groups is 1. The number of nitrogens with one attached hydrogen (secondary N) is 1. The summed E-state index contributed by atoms with van der Waals surface area (Å²) in [6, 6.07) is 17.1. The molecule has 1 N–H and O–H groups in total. The molecule has 0 saturated carbocycles. The Morgan fingerprint density at radius 3 is 2.89 bits per heavy atom. The molecule has 4 rings (SSSR count). The highest BCUT2D eigenvalue weighted by Gasteiger charge is 2.11. The van der Waals surface area contributed by atoms with E-state index in [0.717, 1.165) is 27.5 Å². The molecule has 6 nitrogen and oxygen atoms in total. The van der Waals surface area contributed by atoms with Crippen LogP contribution in [0, 0.1) is 0 Å². The molecule has 0 aliphatic carbocycles. The smallest absolute Gasteiger partial charge is 0.274 e. The number of benzene rings is 1. The summed E-state index contributed by atoms with van der Waals surface area (Å²) in [5.74, 6) is 0.535. The molecule has 0 unspecified atom stereocenters. The Bertz CT molecular complexity index is 1090. The largest absolute Gasteiger partial charge is 0.321 e. The first kappa shape index (κ1) is 17.2. The number of nitrogens with zero attached hydrogens (tertiary/aromatic N) is 4. The number of hydrogen-bond acceptors (Lipinski definition) is 5. The number of imidazole rings is 1. The predicted octanol–water partition coefficient (Wildman–Crippen LogP) is 3.91. The molecular weight excluding hydrogens is 358 g/mol. The number of carbonyl (C=O) groups is 1. The molecule has 134 valence electrons. The highest BCUT2D eigenvalue weighted by atomic mass is 32.2. The lowest BCUT2D eigenvalue weighted by atomic mass is 10.2. The van der Waals surface area contributed by atoms with Crippen LogP contribution in [0.3, 0.4) is 0 Å². The number of aryl methyl sites for hydroxylation is 1. The van der Waals surface area contributed by atoms with Crippen molar-refractivity contribution < 1.29 is 4.79 Å². The quantitative estimate of drug-likeness (QED) is 0.536. The zero-order chi connectivity index (χ0) is 18.6. The van der Waals surface area contributed by atoms with Crippen molar-refractivity contribution in [1.82, 2.24) is 19.5 Å². The normalized spacial score (nSPS) is 10.9. The summed E-state index contributed by atoms with van der Waals surface area (Å²) in [6.45, 7) is 0. The van der Waals surface area contributed by atoms with Crippen molar-refractivity contribution in [3.05, 3.63) is 78.4 Å². The Morgan fingerprint density at radius 1 is 1.11 bits per heavy atom. The summed E-state index contributed by atoms with van der Waals surface area (Å²) >= 11 is 1.66. The van der Waals surface area contributed by atoms with Gasteiger partial charge in [0.15, 0.2) is 5.65 Å². The molecule has 1 amide bonds. The Labute approximate surface area is 160 Å². The predicted molar refractivity (Wildman–Crippen MR) is 107 cm³/mol. The summed E-state index contributed by atoms with van der Waals surface area (Å²) in [6.07, 6.45) is 3.47. The maximum atomic E-state index is 12.6. The van der Waals surface area contributed by atoms with Gasteiger partial charge in [0.2, 0.25) is 0 Å². The molecule has 3 aromatic heterocycles. The first-order chi connectivity index (χ1) is 13.2. The van der Waals surface area contributed by atoms with Gasteiger partial charge in [0.25, 0.3) is 5.91 Å². The van der Waals surface area contributed by atoms with E-state index >= 15 is 0 Å². The molecule has 0 spiro atoms. The zero-order valence-electron chi connectivity index (χ0n) is 14.7. The van der Waals surface area contributed by atoms with Crippen LogP contribution in [-0.2, 0) is 12.8 Å². The second-order valence-electron chi connectivity index (χ2n) is 6.01. The molecule has 7 heteroatoms. The van der Waals surface area contributed by atoms with Crippen LogP contribution in [0.25, 0.3) is 11.2 Å². The summed E-state index contributed by atoms with van der Waals surface area (Å²) in [7, 11) is 1.85. The minimum absolute atomic E-state index is 0.243. The van der Waals surface area contributed by atoms with Crippen LogP contribution < -0.4 is 5.32 Å². The first-order valence-electron chi connectivity index (χ1n) is 8.41. The lowest BCUT2D eigenvalue weighted by Gasteiger charge is -2.07. The molecule has 0 saturated heterocycles. The van der Waals surface area contributed by atoms with Gasteiger partial charge in [-0.25, -0.2) is 15.0 Å². The monoisotopic (exact) mass is 375 g/mol. The Morgan fingerprint density at radius 2 is 2.04 bits per heavy atom. The van der Waals surface area contributed by atoms with E-state index in [1.807, 2.05) is 49.5 Å². The average molecular weight is 375 g/mol. The van der Waals surface area contributed by atoms with Gasteiger partial charge in [-0.05, 0) is 42.0 Å². The van der Waals surface area contributed by atoms with Crippen LogP contribution in [0.15, 0.2) is 72.1 Å². The third-order valence-electron chi connectivity index (χ3n) is 4.00. The number of fused-ring (bicyclic) bond motifs is 1. The van der Waals surface area contributed by atoms with E-state index < -0.39 is 0 Å². The lowest BCUT2D eigenvalue weighted by Crippen LogP contribution is -2.14. The Balaban J connectivity index is 1.46. The number of amides is 1. The van der Waals surface area contributed by atoms with E-state index in [1.54, 1.807) is 41.0 Å². The van der Waals surface area contributed by atoms with Gasteiger partial charge in [-0.3, -0.25) is 4.79 Å². The van der Waals surface area contributed by atoms with E-state index in [9.17, 15) is 4.79 Å². The zero-order valence-corrected chi connectivity index (χ0v) is 15.5. The first-order valence-corrected chi connectivity index (χ1v) is 9.40. The van der Waals surface area contributed by atoms with Gasteiger partial charge >= 0.3 is 0 Å².